The van der Waals surface area contributed by atoms with Gasteiger partial charge in [0, 0.05) is 0 Å². The van der Waals surface area contributed by atoms with Gasteiger partial charge in [-0.05, 0) is 0 Å². The van der Waals surface area contributed by atoms with Gasteiger partial charge in [0.1, 0.15) is 0 Å². The van der Waals surface area contributed by atoms with Gasteiger partial charge in [0.2, 0.25) is 0 Å². The SMILES string of the molecule is NN.NN.[MgH2].[O-][Cl+3]([O-])([O-])O. The van der Waals surface area contributed by atoms with E-state index in [4.69, 9.17) is 18.6 Å². The molecule has 0 saturated heterocycles. The van der Waals surface area contributed by atoms with E-state index in [1.165, 1.54) is 0 Å². The predicted molar refractivity (Wildman–Crippen MR) is 27.5 cm³/mol. The van der Waals surface area contributed by atoms with Gasteiger partial charge in [-0.2, -0.15) is 14.0 Å². The molecule has 0 bridgehead atoms. The van der Waals surface area contributed by atoms with Crippen LogP contribution in [0.25, 0.3) is 0 Å². The Hall–Kier alpha value is 0.736. The minimum Gasteiger partial charge on any atom is -0.274 e. The third kappa shape index (κ3) is 965. The lowest BCUT2D eigenvalue weighted by Crippen LogP contribution is -2.58. The van der Waals surface area contributed by atoms with E-state index < -0.39 is 10.2 Å². The Bertz CT molecular complexity index is 32.7. The third-order valence-corrected chi connectivity index (χ3v) is 0. The first-order valence-corrected chi connectivity index (χ1v) is 2.56. The summed E-state index contributed by atoms with van der Waals surface area (Å²) >= 11 is 0. The fourth-order valence-electron chi connectivity index (χ4n) is 0. The first-order valence-electron chi connectivity index (χ1n) is 1.30. The van der Waals surface area contributed by atoms with Gasteiger partial charge in [-0.15, -0.1) is 0 Å². The summed E-state index contributed by atoms with van der Waals surface area (Å²) < 4.78 is 32.7. The Labute approximate surface area is 75.6 Å². The third-order valence-electron chi connectivity index (χ3n) is 0. The monoisotopic (exact) mass is 190 g/mol. The van der Waals surface area contributed by atoms with E-state index in [0.717, 1.165) is 0 Å². The highest BCUT2D eigenvalue weighted by Crippen LogP contribution is 1.60. The van der Waals surface area contributed by atoms with E-state index in [0.29, 0.717) is 0 Å². The molecule has 0 amide bonds. The number of hydrogen-bond donors (Lipinski definition) is 5. The highest BCUT2D eigenvalue weighted by molar-refractivity contribution is 5.75. The van der Waals surface area contributed by atoms with Crippen molar-refractivity contribution in [2.75, 3.05) is 0 Å². The minimum absolute atomic E-state index is 0. The molecule has 0 aromatic rings. The summed E-state index contributed by atoms with van der Waals surface area (Å²) in [5.74, 6) is 16.0. The lowest BCUT2D eigenvalue weighted by Gasteiger charge is -2.03. The number of hydrazine groups is 2. The molecule has 0 heterocycles. The fourth-order valence-corrected chi connectivity index (χ4v) is 0. The van der Waals surface area contributed by atoms with Crippen LogP contribution in [0, 0.1) is 10.2 Å². The zero-order valence-corrected chi connectivity index (χ0v) is 5.12. The van der Waals surface area contributed by atoms with Crippen LogP contribution in [-0.2, 0) is 0 Å². The van der Waals surface area contributed by atoms with E-state index in [1.807, 2.05) is 0 Å². The van der Waals surface area contributed by atoms with Crippen LogP contribution in [0.1, 0.15) is 0 Å². The molecule has 0 spiro atoms. The maximum Gasteiger partial charge on any atom is 0.316 e. The zero-order chi connectivity index (χ0) is 8.50. The lowest BCUT2D eigenvalue weighted by atomic mass is 13.0. The van der Waals surface area contributed by atoms with Crippen LogP contribution in [0.3, 0.4) is 0 Å². The van der Waals surface area contributed by atoms with Crippen LogP contribution in [0.2, 0.25) is 0 Å². The largest absolute Gasteiger partial charge is 0.316 e. The predicted octanol–water partition coefficient (Wildman–Crippen LogP) is -7.40. The van der Waals surface area contributed by atoms with E-state index in [2.05, 4.69) is 23.4 Å². The van der Waals surface area contributed by atoms with Crippen LogP contribution >= 0.6 is 0 Å². The number of nitrogens with two attached hydrogens (primary N) is 4. The second-order valence-electron chi connectivity index (χ2n) is 0.396. The van der Waals surface area contributed by atoms with Gasteiger partial charge in [0.15, 0.2) is 0 Å². The molecule has 0 radical (unpaired) electrons. The van der Waals surface area contributed by atoms with Gasteiger partial charge in [-0.25, -0.2) is 0 Å². The molecule has 0 rings (SSSR count). The van der Waals surface area contributed by atoms with Crippen molar-refractivity contribution in [2.45, 2.75) is 0 Å². The molecule has 0 atom stereocenters. The van der Waals surface area contributed by atoms with Crippen molar-refractivity contribution in [1.82, 2.24) is 0 Å². The van der Waals surface area contributed by atoms with Crippen LogP contribution in [0.15, 0.2) is 0 Å². The summed E-state index contributed by atoms with van der Waals surface area (Å²) in [6, 6.07) is 0. The highest BCUT2D eigenvalue weighted by atomic mass is 35.7. The molecule has 0 fully saturated rings. The van der Waals surface area contributed by atoms with Gasteiger partial charge in [-0.3, -0.25) is 23.4 Å². The van der Waals surface area contributed by atoms with Crippen molar-refractivity contribution in [1.29, 1.82) is 0 Å². The first-order chi connectivity index (χ1) is 4.00. The summed E-state index contributed by atoms with van der Waals surface area (Å²) in [4.78, 5) is 0. The van der Waals surface area contributed by atoms with Gasteiger partial charge < -0.3 is 0 Å². The average molecular weight is 191 g/mol. The Morgan fingerprint density at radius 1 is 0.900 bits per heavy atom. The summed E-state index contributed by atoms with van der Waals surface area (Å²) in [5, 5.41) is 0. The molecule has 9 N–H and O–H groups in total. The lowest BCUT2D eigenvalue weighted by molar-refractivity contribution is -1.92. The van der Waals surface area contributed by atoms with Crippen LogP contribution in [0.5, 0.6) is 0 Å². The molecule has 0 aliphatic rings. The van der Waals surface area contributed by atoms with Crippen molar-refractivity contribution in [3.8, 4) is 0 Å². The summed E-state index contributed by atoms with van der Waals surface area (Å²) in [5.41, 5.74) is 0. The van der Waals surface area contributed by atoms with Crippen molar-refractivity contribution < 1.29 is 28.9 Å². The Morgan fingerprint density at radius 2 is 0.900 bits per heavy atom. The average Bonchev–Trinajstić information content (AvgIpc) is 1.72. The first kappa shape index (κ1) is 22.4. The number of hydrogen-bond acceptors (Lipinski definition) is 8. The van der Waals surface area contributed by atoms with E-state index >= 15 is 0 Å². The van der Waals surface area contributed by atoms with E-state index in [1.54, 1.807) is 0 Å². The molecule has 10 heteroatoms. The van der Waals surface area contributed by atoms with Crippen molar-refractivity contribution in [3.05, 3.63) is 0 Å². The van der Waals surface area contributed by atoms with Gasteiger partial charge >= 0.3 is 23.1 Å². The molecule has 8 nitrogen and oxygen atoms in total. The molecule has 64 valence electrons. The Balaban J connectivity index is -0.0000000315. The maximum absolute atomic E-state index is 8.60. The standard InChI is InChI=1S/ClHO4.Mg.2H4N2.2H/c2-1(3,4)5;;2*1-2;;/h(H,2,3,4,5);;2*1-2H2;;. The molecule has 10 heavy (non-hydrogen) atoms. The Morgan fingerprint density at radius 3 is 0.900 bits per heavy atom. The summed E-state index contributed by atoms with van der Waals surface area (Å²) in [7, 11) is -4.69. The van der Waals surface area contributed by atoms with E-state index in [9.17, 15) is 0 Å². The second kappa shape index (κ2) is 16.4. The van der Waals surface area contributed by atoms with Crippen LogP contribution in [0.4, 0.5) is 0 Å². The smallest absolute Gasteiger partial charge is 0.274 e. The molecule has 0 saturated carbocycles. The maximum atomic E-state index is 8.60. The zero-order valence-electron chi connectivity index (χ0n) is 4.36. The Kier molecular flexibility index (Phi) is 36.7. The summed E-state index contributed by atoms with van der Waals surface area (Å²) in [6.45, 7) is 0. The molecular formula is H11ClMgN4O4. The molecule has 0 aromatic carbocycles. The minimum atomic E-state index is -4.69. The van der Waals surface area contributed by atoms with Gasteiger partial charge in [-0.1, -0.05) is 0 Å². The molecule has 0 aliphatic heterocycles. The highest BCUT2D eigenvalue weighted by Gasteiger charge is 1.98. The topological polar surface area (TPSA) is 193 Å². The van der Waals surface area contributed by atoms with Gasteiger partial charge in [0.05, 0.1) is 14.9 Å². The molecule has 0 aromatic heterocycles. The van der Waals surface area contributed by atoms with Crippen LogP contribution < -0.4 is 37.3 Å². The van der Waals surface area contributed by atoms with Crippen molar-refractivity contribution >= 4 is 23.1 Å². The molecule has 0 aliphatic carbocycles. The molecular weight excluding hydrogens is 180 g/mol. The van der Waals surface area contributed by atoms with Crippen LogP contribution in [-0.4, -0.2) is 27.7 Å². The number of halogens is 1. The fraction of sp³-hybridized carbons (Fsp3) is 0. The number of rotatable bonds is 0. The normalized spacial score (nSPS) is 7.20. The molecule has 0 unspecified atom stereocenters. The van der Waals surface area contributed by atoms with Gasteiger partial charge in [0.25, 0.3) is 0 Å². The van der Waals surface area contributed by atoms with E-state index in [-0.39, 0.29) is 23.1 Å². The quantitative estimate of drug-likeness (QED) is 0.141. The second-order valence-corrected chi connectivity index (χ2v) is 1.19. The van der Waals surface area contributed by atoms with Crippen molar-refractivity contribution in [3.63, 3.8) is 0 Å². The summed E-state index contributed by atoms with van der Waals surface area (Å²) in [6.07, 6.45) is 0. The van der Waals surface area contributed by atoms with Crippen molar-refractivity contribution in [2.24, 2.45) is 23.4 Å².